The Balaban J connectivity index is 2.28. The maximum absolute atomic E-state index is 10.0. The normalized spacial score (nSPS) is 34.6. The molecule has 5 nitrogen and oxygen atoms in total. The van der Waals surface area contributed by atoms with Gasteiger partial charge in [0.05, 0.1) is 0 Å². The molecule has 0 unspecified atom stereocenters. The largest absolute Gasteiger partial charge is 0.472 e. The summed E-state index contributed by atoms with van der Waals surface area (Å²) >= 11 is 0. The average molecular weight is 154 g/mol. The Bertz CT molecular complexity index is 150. The molecule has 2 N–H and O–H groups in total. The molecule has 1 heterocycles. The first-order valence-corrected chi connectivity index (χ1v) is 3.91. The first-order chi connectivity index (χ1) is 3.99. The van der Waals surface area contributed by atoms with Gasteiger partial charge < -0.3 is 14.5 Å². The average Bonchev–Trinajstić information content (AvgIpc) is 2.13. The van der Waals surface area contributed by atoms with Crippen molar-refractivity contribution >= 4 is 7.82 Å². The minimum atomic E-state index is -4.32. The number of epoxide rings is 1. The zero-order chi connectivity index (χ0) is 7.07. The fourth-order valence-electron chi connectivity index (χ4n) is 0.412. The number of ether oxygens (including phenoxy) is 1. The van der Waals surface area contributed by atoms with Crippen molar-refractivity contribution in [3.8, 4) is 0 Å². The van der Waals surface area contributed by atoms with Crippen molar-refractivity contribution < 1.29 is 23.6 Å². The highest BCUT2D eigenvalue weighted by atomic mass is 31.2. The van der Waals surface area contributed by atoms with Crippen molar-refractivity contribution in [3.63, 3.8) is 0 Å². The van der Waals surface area contributed by atoms with Crippen molar-refractivity contribution in [3.05, 3.63) is 0 Å². The van der Waals surface area contributed by atoms with Gasteiger partial charge in [0.15, 0.2) is 6.29 Å². The van der Waals surface area contributed by atoms with Gasteiger partial charge in [0, 0.05) is 0 Å². The Kier molecular flexibility index (Phi) is 1.63. The smallest absolute Gasteiger partial charge is 0.341 e. The van der Waals surface area contributed by atoms with Gasteiger partial charge in [-0.15, -0.1) is 0 Å². The predicted octanol–water partition coefficient (Wildman–Crippen LogP) is -0.160. The third kappa shape index (κ3) is 2.43. The van der Waals surface area contributed by atoms with Gasteiger partial charge in [-0.25, -0.2) is 4.57 Å². The van der Waals surface area contributed by atoms with Gasteiger partial charge in [-0.3, -0.25) is 4.52 Å². The van der Waals surface area contributed by atoms with Crippen LogP contribution in [0.25, 0.3) is 0 Å². The van der Waals surface area contributed by atoms with Crippen molar-refractivity contribution in [1.82, 2.24) is 0 Å². The van der Waals surface area contributed by atoms with E-state index in [1.54, 1.807) is 6.92 Å². The minimum absolute atomic E-state index is 0.183. The van der Waals surface area contributed by atoms with Gasteiger partial charge in [0.25, 0.3) is 0 Å². The van der Waals surface area contributed by atoms with E-state index in [-0.39, 0.29) is 6.10 Å². The first kappa shape index (κ1) is 7.18. The van der Waals surface area contributed by atoms with Gasteiger partial charge >= 0.3 is 7.82 Å². The Labute approximate surface area is 51.8 Å². The second-order valence-electron chi connectivity index (χ2n) is 1.81. The molecule has 0 aromatic heterocycles. The highest BCUT2D eigenvalue weighted by Gasteiger charge is 2.40. The van der Waals surface area contributed by atoms with Crippen LogP contribution < -0.4 is 0 Å². The van der Waals surface area contributed by atoms with Gasteiger partial charge in [-0.2, -0.15) is 0 Å². The molecule has 0 bridgehead atoms. The summed E-state index contributed by atoms with van der Waals surface area (Å²) in [7, 11) is -4.32. The molecule has 9 heavy (non-hydrogen) atoms. The Morgan fingerprint density at radius 3 is 2.22 bits per heavy atom. The lowest BCUT2D eigenvalue weighted by Crippen LogP contribution is -1.94. The van der Waals surface area contributed by atoms with Crippen LogP contribution in [0.4, 0.5) is 0 Å². The molecule has 0 radical (unpaired) electrons. The standard InChI is InChI=1S/C3H7O5P/c1-2-3(7-2)8-9(4,5)6/h2-3H,1H3,(H2,4,5,6)/t2-,3+/m0/s1. The van der Waals surface area contributed by atoms with Crippen LogP contribution >= 0.6 is 7.82 Å². The van der Waals surface area contributed by atoms with Crippen molar-refractivity contribution in [1.29, 1.82) is 0 Å². The number of hydrogen-bond acceptors (Lipinski definition) is 3. The van der Waals surface area contributed by atoms with Crippen LogP contribution in [0.15, 0.2) is 0 Å². The highest BCUT2D eigenvalue weighted by Crippen LogP contribution is 2.43. The Morgan fingerprint density at radius 2 is 2.11 bits per heavy atom. The van der Waals surface area contributed by atoms with Crippen molar-refractivity contribution in [2.45, 2.75) is 19.3 Å². The summed E-state index contributed by atoms with van der Waals surface area (Å²) in [5.74, 6) is 0. The van der Waals surface area contributed by atoms with E-state index in [1.165, 1.54) is 0 Å². The summed E-state index contributed by atoms with van der Waals surface area (Å²) in [5, 5.41) is 0. The molecule has 0 spiro atoms. The topological polar surface area (TPSA) is 79.3 Å². The molecule has 1 saturated heterocycles. The first-order valence-electron chi connectivity index (χ1n) is 2.38. The molecule has 1 fully saturated rings. The van der Waals surface area contributed by atoms with Crippen LogP contribution in [0.2, 0.25) is 0 Å². The van der Waals surface area contributed by atoms with E-state index in [2.05, 4.69) is 9.26 Å². The summed E-state index contributed by atoms with van der Waals surface area (Å²) in [6.45, 7) is 1.67. The summed E-state index contributed by atoms with van der Waals surface area (Å²) in [4.78, 5) is 16.3. The van der Waals surface area contributed by atoms with E-state index in [1.807, 2.05) is 0 Å². The quantitative estimate of drug-likeness (QED) is 0.426. The summed E-state index contributed by atoms with van der Waals surface area (Å²) in [6.07, 6.45) is -0.886. The van der Waals surface area contributed by atoms with E-state index in [0.29, 0.717) is 0 Å². The van der Waals surface area contributed by atoms with Crippen LogP contribution in [-0.4, -0.2) is 22.2 Å². The molecular weight excluding hydrogens is 147 g/mol. The van der Waals surface area contributed by atoms with Crippen molar-refractivity contribution in [2.75, 3.05) is 0 Å². The Hall–Kier alpha value is 0.0700. The van der Waals surface area contributed by atoms with Crippen LogP contribution in [0.3, 0.4) is 0 Å². The highest BCUT2D eigenvalue weighted by molar-refractivity contribution is 7.46. The molecular formula is C3H7O5P. The van der Waals surface area contributed by atoms with E-state index < -0.39 is 14.1 Å². The van der Waals surface area contributed by atoms with E-state index in [9.17, 15) is 4.57 Å². The third-order valence-electron chi connectivity index (χ3n) is 0.897. The lowest BCUT2D eigenvalue weighted by molar-refractivity contribution is 0.124. The number of rotatable bonds is 2. The molecule has 1 aliphatic rings. The molecule has 0 amide bonds. The van der Waals surface area contributed by atoms with Gasteiger partial charge in [0.2, 0.25) is 0 Å². The molecule has 2 atom stereocenters. The number of phosphoric acid groups is 1. The van der Waals surface area contributed by atoms with Crippen LogP contribution in [-0.2, 0) is 13.8 Å². The Morgan fingerprint density at radius 1 is 1.67 bits per heavy atom. The van der Waals surface area contributed by atoms with Gasteiger partial charge in [-0.1, -0.05) is 0 Å². The fraction of sp³-hybridized carbons (Fsp3) is 1.00. The van der Waals surface area contributed by atoms with Gasteiger partial charge in [-0.05, 0) is 6.92 Å². The monoisotopic (exact) mass is 154 g/mol. The van der Waals surface area contributed by atoms with E-state index in [4.69, 9.17) is 9.79 Å². The van der Waals surface area contributed by atoms with E-state index >= 15 is 0 Å². The summed E-state index contributed by atoms with van der Waals surface area (Å²) in [6, 6.07) is 0. The molecule has 6 heteroatoms. The molecule has 0 saturated carbocycles. The molecule has 1 aliphatic heterocycles. The lowest BCUT2D eigenvalue weighted by atomic mass is 10.5. The third-order valence-corrected chi connectivity index (χ3v) is 1.38. The zero-order valence-corrected chi connectivity index (χ0v) is 5.62. The van der Waals surface area contributed by atoms with Crippen LogP contribution in [0.5, 0.6) is 0 Å². The van der Waals surface area contributed by atoms with Crippen LogP contribution in [0, 0.1) is 0 Å². The van der Waals surface area contributed by atoms with Crippen molar-refractivity contribution in [2.24, 2.45) is 0 Å². The molecule has 0 aliphatic carbocycles. The van der Waals surface area contributed by atoms with Gasteiger partial charge in [0.1, 0.15) is 6.10 Å². The van der Waals surface area contributed by atoms with Crippen LogP contribution in [0.1, 0.15) is 6.92 Å². The molecule has 54 valence electrons. The maximum atomic E-state index is 10.0. The molecule has 1 rings (SSSR count). The predicted molar refractivity (Wildman–Crippen MR) is 27.5 cm³/mol. The maximum Gasteiger partial charge on any atom is 0.472 e. The number of phosphoric ester groups is 1. The SMILES string of the molecule is C[C@@H]1O[C@@H]1OP(=O)(O)O. The summed E-state index contributed by atoms with van der Waals surface area (Å²) in [5.41, 5.74) is 0. The zero-order valence-electron chi connectivity index (χ0n) is 4.72. The molecule has 0 aromatic carbocycles. The fourth-order valence-corrected chi connectivity index (χ4v) is 0.904. The lowest BCUT2D eigenvalue weighted by Gasteiger charge is -1.98. The minimum Gasteiger partial charge on any atom is -0.341 e. The second-order valence-corrected chi connectivity index (χ2v) is 3.00. The van der Waals surface area contributed by atoms with E-state index in [0.717, 1.165) is 0 Å². The number of hydrogen-bond donors (Lipinski definition) is 2. The molecule has 0 aromatic rings. The second kappa shape index (κ2) is 2.04. The summed E-state index contributed by atoms with van der Waals surface area (Å²) < 4.78 is 18.7.